The van der Waals surface area contributed by atoms with Crippen LogP contribution in [0.3, 0.4) is 0 Å². The van der Waals surface area contributed by atoms with Crippen molar-refractivity contribution in [2.24, 2.45) is 0 Å². The second-order valence-electron chi connectivity index (χ2n) is 7.28. The summed E-state index contributed by atoms with van der Waals surface area (Å²) >= 11 is 0. The molecule has 33 heavy (non-hydrogen) atoms. The van der Waals surface area contributed by atoms with Gasteiger partial charge in [0.1, 0.15) is 17.7 Å². The minimum atomic E-state index is -3.87. The number of nitrogens with one attached hydrogen (secondary N) is 2. The zero-order valence-electron chi connectivity index (χ0n) is 18.7. The topological polar surface area (TPSA) is 123 Å². The number of para-hydroxylation sites is 1. The molecule has 3 rings (SSSR count). The Morgan fingerprint density at radius 2 is 1.76 bits per heavy atom. The van der Waals surface area contributed by atoms with Crippen LogP contribution in [0.2, 0.25) is 0 Å². The molecule has 0 aliphatic carbocycles. The summed E-state index contributed by atoms with van der Waals surface area (Å²) in [7, 11) is -0.845. The van der Waals surface area contributed by atoms with Crippen LogP contribution in [0.5, 0.6) is 11.5 Å². The van der Waals surface area contributed by atoms with Crippen molar-refractivity contribution in [3.63, 3.8) is 0 Å². The van der Waals surface area contributed by atoms with Crippen LogP contribution in [-0.2, 0) is 30.9 Å². The maximum Gasteiger partial charge on any atom is 0.309 e. The molecular weight excluding hydrogens is 450 g/mol. The number of benzene rings is 2. The van der Waals surface area contributed by atoms with Crippen molar-refractivity contribution < 1.29 is 32.2 Å². The number of rotatable bonds is 8. The van der Waals surface area contributed by atoms with Gasteiger partial charge in [0.2, 0.25) is 10.0 Å². The number of aryl methyl sites for hydroxylation is 1. The van der Waals surface area contributed by atoms with E-state index < -0.39 is 28.1 Å². The first kappa shape index (κ1) is 24.5. The molecule has 1 atom stereocenters. The normalized spacial score (nSPS) is 16.3. The molecule has 2 amide bonds. The molecule has 2 aromatic carbocycles. The highest BCUT2D eigenvalue weighted by molar-refractivity contribution is 7.89. The summed E-state index contributed by atoms with van der Waals surface area (Å²) in [6.45, 7) is 1.99. The zero-order chi connectivity index (χ0) is 24.0. The number of ether oxygens (including phenoxy) is 3. The highest BCUT2D eigenvalue weighted by Crippen LogP contribution is 2.26. The van der Waals surface area contributed by atoms with E-state index in [-0.39, 0.29) is 31.1 Å². The standard InChI is InChI=1S/C22H27N3O7S/c1-15-12-17(8-9-18(15)30-2)33(28,29)25-10-11-32-20(25)14-24-22(27)21(26)23-13-16-6-4-5-7-19(16)31-3/h4-9,12,20H,10-11,13-14H2,1-3H3,(H,23,26)(H,24,27)/t20-/m0/s1. The number of hydrogen-bond acceptors (Lipinski definition) is 7. The predicted octanol–water partition coefficient (Wildman–Crippen LogP) is 0.792. The average Bonchev–Trinajstić information content (AvgIpc) is 3.30. The van der Waals surface area contributed by atoms with E-state index in [4.69, 9.17) is 14.2 Å². The third kappa shape index (κ3) is 5.62. The first-order valence-electron chi connectivity index (χ1n) is 10.2. The Morgan fingerprint density at radius 3 is 2.45 bits per heavy atom. The third-order valence-corrected chi connectivity index (χ3v) is 7.08. The number of carbonyl (C=O) groups is 2. The maximum absolute atomic E-state index is 13.1. The Hall–Kier alpha value is -3.15. The Bertz CT molecular complexity index is 1120. The fourth-order valence-corrected chi connectivity index (χ4v) is 5.05. The minimum absolute atomic E-state index is 0.0946. The molecule has 1 aliphatic heterocycles. The van der Waals surface area contributed by atoms with Crippen molar-refractivity contribution in [3.8, 4) is 11.5 Å². The fourth-order valence-electron chi connectivity index (χ4n) is 3.45. The van der Waals surface area contributed by atoms with Crippen LogP contribution in [0.1, 0.15) is 11.1 Å². The zero-order valence-corrected chi connectivity index (χ0v) is 19.5. The molecule has 2 N–H and O–H groups in total. The van der Waals surface area contributed by atoms with Gasteiger partial charge in [-0.2, -0.15) is 4.31 Å². The van der Waals surface area contributed by atoms with Crippen LogP contribution >= 0.6 is 0 Å². The summed E-state index contributed by atoms with van der Waals surface area (Å²) in [5.74, 6) is -0.570. The number of nitrogens with zero attached hydrogens (tertiary/aromatic N) is 1. The van der Waals surface area contributed by atoms with E-state index in [2.05, 4.69) is 10.6 Å². The van der Waals surface area contributed by atoms with E-state index in [0.717, 1.165) is 0 Å². The van der Waals surface area contributed by atoms with Gasteiger partial charge in [-0.25, -0.2) is 8.42 Å². The molecule has 0 saturated carbocycles. The van der Waals surface area contributed by atoms with Gasteiger partial charge in [-0.15, -0.1) is 0 Å². The third-order valence-electron chi connectivity index (χ3n) is 5.19. The lowest BCUT2D eigenvalue weighted by Gasteiger charge is -2.23. The van der Waals surface area contributed by atoms with Gasteiger partial charge in [0.15, 0.2) is 0 Å². The molecule has 0 bridgehead atoms. The van der Waals surface area contributed by atoms with Gasteiger partial charge < -0.3 is 24.8 Å². The van der Waals surface area contributed by atoms with E-state index >= 15 is 0 Å². The smallest absolute Gasteiger partial charge is 0.309 e. The van der Waals surface area contributed by atoms with Gasteiger partial charge in [0, 0.05) is 18.7 Å². The number of methoxy groups -OCH3 is 2. The summed E-state index contributed by atoms with van der Waals surface area (Å²) in [5, 5.41) is 4.96. The molecule has 0 aromatic heterocycles. The van der Waals surface area contributed by atoms with E-state index in [9.17, 15) is 18.0 Å². The molecule has 11 heteroatoms. The van der Waals surface area contributed by atoms with Crippen molar-refractivity contribution in [2.75, 3.05) is 33.9 Å². The highest BCUT2D eigenvalue weighted by atomic mass is 32.2. The Morgan fingerprint density at radius 1 is 1.06 bits per heavy atom. The molecule has 1 fully saturated rings. The van der Waals surface area contributed by atoms with Crippen molar-refractivity contribution in [2.45, 2.75) is 24.6 Å². The van der Waals surface area contributed by atoms with E-state index in [1.54, 1.807) is 37.3 Å². The number of carbonyl (C=O) groups excluding carboxylic acids is 2. The fraction of sp³-hybridized carbons (Fsp3) is 0.364. The van der Waals surface area contributed by atoms with Crippen LogP contribution in [-0.4, -0.2) is 64.7 Å². The second-order valence-corrected chi connectivity index (χ2v) is 9.17. The summed E-state index contributed by atoms with van der Waals surface area (Å²) in [5.41, 5.74) is 1.39. The van der Waals surface area contributed by atoms with Gasteiger partial charge in [0.25, 0.3) is 0 Å². The van der Waals surface area contributed by atoms with Crippen molar-refractivity contribution >= 4 is 21.8 Å². The van der Waals surface area contributed by atoms with Crippen molar-refractivity contribution in [1.82, 2.24) is 14.9 Å². The summed E-state index contributed by atoms with van der Waals surface area (Å²) in [6.07, 6.45) is -0.927. The monoisotopic (exact) mass is 477 g/mol. The lowest BCUT2D eigenvalue weighted by Crippen LogP contribution is -2.47. The SMILES string of the molecule is COc1ccc(S(=O)(=O)N2CCO[C@H]2CNC(=O)C(=O)NCc2ccccc2OC)cc1C. The summed E-state index contributed by atoms with van der Waals surface area (Å²) in [6, 6.07) is 11.7. The maximum atomic E-state index is 13.1. The Kier molecular flexibility index (Phi) is 7.90. The highest BCUT2D eigenvalue weighted by Gasteiger charge is 2.37. The Balaban J connectivity index is 1.59. The van der Waals surface area contributed by atoms with Gasteiger partial charge in [-0.05, 0) is 36.8 Å². The molecule has 0 unspecified atom stereocenters. The van der Waals surface area contributed by atoms with Crippen LogP contribution in [0.25, 0.3) is 0 Å². The van der Waals surface area contributed by atoms with Gasteiger partial charge in [-0.1, -0.05) is 18.2 Å². The average molecular weight is 478 g/mol. The van der Waals surface area contributed by atoms with Gasteiger partial charge in [-0.3, -0.25) is 9.59 Å². The van der Waals surface area contributed by atoms with Crippen LogP contribution in [0.4, 0.5) is 0 Å². The predicted molar refractivity (Wildman–Crippen MR) is 119 cm³/mol. The van der Waals surface area contributed by atoms with E-state index in [0.29, 0.717) is 22.6 Å². The van der Waals surface area contributed by atoms with Crippen molar-refractivity contribution in [3.05, 3.63) is 53.6 Å². The Labute approximate surface area is 192 Å². The first-order valence-corrected chi connectivity index (χ1v) is 11.7. The first-order chi connectivity index (χ1) is 15.8. The van der Waals surface area contributed by atoms with Gasteiger partial charge >= 0.3 is 11.8 Å². The van der Waals surface area contributed by atoms with E-state index in [1.165, 1.54) is 30.7 Å². The number of amides is 2. The molecule has 2 aromatic rings. The van der Waals surface area contributed by atoms with E-state index in [1.807, 2.05) is 0 Å². The minimum Gasteiger partial charge on any atom is -0.496 e. The molecule has 0 radical (unpaired) electrons. The molecule has 178 valence electrons. The quantitative estimate of drug-likeness (QED) is 0.539. The van der Waals surface area contributed by atoms with Crippen molar-refractivity contribution in [1.29, 1.82) is 0 Å². The molecule has 1 aliphatic rings. The van der Waals surface area contributed by atoms with Crippen LogP contribution in [0.15, 0.2) is 47.4 Å². The molecular formula is C22H27N3O7S. The van der Waals surface area contributed by atoms with Crippen LogP contribution in [0, 0.1) is 6.92 Å². The second kappa shape index (κ2) is 10.6. The molecule has 1 heterocycles. The van der Waals surface area contributed by atoms with Crippen LogP contribution < -0.4 is 20.1 Å². The summed E-state index contributed by atoms with van der Waals surface area (Å²) < 4.78 is 43.3. The largest absolute Gasteiger partial charge is 0.496 e. The number of hydrogen-bond donors (Lipinski definition) is 2. The molecule has 1 saturated heterocycles. The molecule has 0 spiro atoms. The lowest BCUT2D eigenvalue weighted by atomic mass is 10.2. The summed E-state index contributed by atoms with van der Waals surface area (Å²) in [4.78, 5) is 24.5. The van der Waals surface area contributed by atoms with Gasteiger partial charge in [0.05, 0.1) is 32.3 Å². The number of sulfonamides is 1. The lowest BCUT2D eigenvalue weighted by molar-refractivity contribution is -0.139. The molecule has 10 nitrogen and oxygen atoms in total.